The highest BCUT2D eigenvalue weighted by Gasteiger charge is 2.53. The Morgan fingerprint density at radius 1 is 1.29 bits per heavy atom. The SMILES string of the molecule is CCOC(=O)C1=NN(c2ccccc2)[C@H](C(=O)N[C@](C)(COC)C(F)(F)F)C1. The Labute approximate surface area is 160 Å². The average Bonchev–Trinajstić information content (AvgIpc) is 3.07. The zero-order chi connectivity index (χ0) is 20.9. The van der Waals surface area contributed by atoms with Gasteiger partial charge in [-0.1, -0.05) is 18.2 Å². The molecule has 0 aliphatic carbocycles. The lowest BCUT2D eigenvalue weighted by Crippen LogP contribution is -2.62. The number of alkyl halides is 3. The van der Waals surface area contributed by atoms with E-state index in [0.29, 0.717) is 5.69 Å². The topological polar surface area (TPSA) is 80.2 Å². The van der Waals surface area contributed by atoms with Crippen LogP contribution in [0, 0.1) is 0 Å². The second kappa shape index (κ2) is 8.59. The maximum absolute atomic E-state index is 13.5. The van der Waals surface area contributed by atoms with Crippen LogP contribution in [0.4, 0.5) is 18.9 Å². The summed E-state index contributed by atoms with van der Waals surface area (Å²) >= 11 is 0. The number of hydrogen-bond donors (Lipinski definition) is 1. The molecule has 2 rings (SSSR count). The molecule has 0 spiro atoms. The van der Waals surface area contributed by atoms with Gasteiger partial charge in [-0.2, -0.15) is 18.3 Å². The van der Waals surface area contributed by atoms with Crippen molar-refractivity contribution in [3.05, 3.63) is 30.3 Å². The molecule has 1 aromatic rings. The summed E-state index contributed by atoms with van der Waals surface area (Å²) < 4.78 is 49.9. The fourth-order valence-corrected chi connectivity index (χ4v) is 2.70. The number of amides is 1. The van der Waals surface area contributed by atoms with Gasteiger partial charge in [-0.05, 0) is 26.0 Å². The standard InChI is InChI=1S/C18H22F3N3O4/c1-4-28-16(26)13-10-14(24(23-13)12-8-6-5-7-9-12)15(25)22-17(2,11-27-3)18(19,20)21/h5-9,14H,4,10-11H2,1-3H3,(H,22,25)/t14-,17+/m0/s1. The van der Waals surface area contributed by atoms with Crippen molar-refractivity contribution in [1.82, 2.24) is 5.32 Å². The van der Waals surface area contributed by atoms with Crippen LogP contribution in [0.15, 0.2) is 35.4 Å². The molecule has 10 heteroatoms. The number of para-hydroxylation sites is 1. The lowest BCUT2D eigenvalue weighted by Gasteiger charge is -2.34. The van der Waals surface area contributed by atoms with E-state index in [1.54, 1.807) is 37.3 Å². The van der Waals surface area contributed by atoms with Gasteiger partial charge in [-0.25, -0.2) is 4.79 Å². The van der Waals surface area contributed by atoms with Gasteiger partial charge in [-0.3, -0.25) is 9.80 Å². The van der Waals surface area contributed by atoms with Crippen LogP contribution in [0.3, 0.4) is 0 Å². The minimum Gasteiger partial charge on any atom is -0.461 e. The molecule has 1 aromatic carbocycles. The molecule has 0 saturated carbocycles. The fraction of sp³-hybridized carbons (Fsp3) is 0.500. The first-order chi connectivity index (χ1) is 13.1. The number of rotatable bonds is 7. The van der Waals surface area contributed by atoms with Crippen molar-refractivity contribution >= 4 is 23.3 Å². The van der Waals surface area contributed by atoms with Gasteiger partial charge in [-0.15, -0.1) is 0 Å². The molecular weight excluding hydrogens is 379 g/mol. The minimum absolute atomic E-state index is 0.0358. The van der Waals surface area contributed by atoms with Gasteiger partial charge in [0.2, 0.25) is 5.91 Å². The molecule has 154 valence electrons. The lowest BCUT2D eigenvalue weighted by atomic mass is 10.0. The number of nitrogens with zero attached hydrogens (tertiary/aromatic N) is 2. The van der Waals surface area contributed by atoms with E-state index in [1.807, 2.05) is 5.32 Å². The van der Waals surface area contributed by atoms with E-state index in [4.69, 9.17) is 4.74 Å². The number of carbonyl (C=O) groups excluding carboxylic acids is 2. The molecular formula is C18H22F3N3O4. The van der Waals surface area contributed by atoms with Crippen molar-refractivity contribution in [2.24, 2.45) is 5.10 Å². The molecule has 28 heavy (non-hydrogen) atoms. The third-order valence-corrected chi connectivity index (χ3v) is 4.20. The minimum atomic E-state index is -4.74. The third kappa shape index (κ3) is 4.61. The highest BCUT2D eigenvalue weighted by Crippen LogP contribution is 2.32. The van der Waals surface area contributed by atoms with Gasteiger partial charge >= 0.3 is 12.1 Å². The Hall–Kier alpha value is -2.62. The molecule has 1 amide bonds. The largest absolute Gasteiger partial charge is 0.461 e. The summed E-state index contributed by atoms with van der Waals surface area (Å²) in [5.41, 5.74) is -2.16. The van der Waals surface area contributed by atoms with Crippen molar-refractivity contribution in [2.45, 2.75) is 38.0 Å². The van der Waals surface area contributed by atoms with Crippen molar-refractivity contribution < 1.29 is 32.2 Å². The van der Waals surface area contributed by atoms with E-state index in [9.17, 15) is 22.8 Å². The molecule has 7 nitrogen and oxygen atoms in total. The van der Waals surface area contributed by atoms with E-state index in [-0.39, 0.29) is 18.7 Å². The number of hydrogen-bond acceptors (Lipinski definition) is 6. The quantitative estimate of drug-likeness (QED) is 0.709. The molecule has 1 aliphatic rings. The second-order valence-electron chi connectivity index (χ2n) is 6.42. The lowest BCUT2D eigenvalue weighted by molar-refractivity contribution is -0.205. The van der Waals surface area contributed by atoms with E-state index >= 15 is 0 Å². The number of halogens is 3. The Morgan fingerprint density at radius 2 is 1.93 bits per heavy atom. The first kappa shape index (κ1) is 21.7. The molecule has 0 fully saturated rings. The van der Waals surface area contributed by atoms with Crippen LogP contribution in [-0.4, -0.2) is 55.7 Å². The van der Waals surface area contributed by atoms with Crippen LogP contribution >= 0.6 is 0 Å². The van der Waals surface area contributed by atoms with Gasteiger partial charge < -0.3 is 14.8 Å². The summed E-state index contributed by atoms with van der Waals surface area (Å²) in [5, 5.41) is 7.36. The molecule has 2 atom stereocenters. The van der Waals surface area contributed by atoms with Crippen molar-refractivity contribution in [3.63, 3.8) is 0 Å². The number of carbonyl (C=O) groups is 2. The van der Waals surface area contributed by atoms with Crippen LogP contribution in [0.2, 0.25) is 0 Å². The Bertz CT molecular complexity index is 739. The number of hydrazone groups is 1. The summed E-state index contributed by atoms with van der Waals surface area (Å²) in [4.78, 5) is 24.8. The molecule has 1 N–H and O–H groups in total. The first-order valence-electron chi connectivity index (χ1n) is 8.59. The maximum Gasteiger partial charge on any atom is 0.413 e. The number of esters is 1. The molecule has 0 aromatic heterocycles. The summed E-state index contributed by atoms with van der Waals surface area (Å²) in [6.45, 7) is 1.81. The van der Waals surface area contributed by atoms with Crippen LogP contribution in [-0.2, 0) is 19.1 Å². The number of ether oxygens (including phenoxy) is 2. The van der Waals surface area contributed by atoms with E-state index in [0.717, 1.165) is 14.0 Å². The van der Waals surface area contributed by atoms with Crippen molar-refractivity contribution in [3.8, 4) is 0 Å². The summed E-state index contributed by atoms with van der Waals surface area (Å²) in [6, 6.07) is 7.25. The Balaban J connectivity index is 2.31. The van der Waals surface area contributed by atoms with Gasteiger partial charge in [0.25, 0.3) is 0 Å². The summed E-state index contributed by atoms with van der Waals surface area (Å²) in [5.74, 6) is -1.64. The zero-order valence-electron chi connectivity index (χ0n) is 15.7. The first-order valence-corrected chi connectivity index (χ1v) is 8.59. The highest BCUT2D eigenvalue weighted by molar-refractivity contribution is 6.38. The number of benzene rings is 1. The van der Waals surface area contributed by atoms with Gasteiger partial charge in [0.15, 0.2) is 5.54 Å². The summed E-state index contributed by atoms with van der Waals surface area (Å²) in [6.07, 6.45) is -4.92. The maximum atomic E-state index is 13.5. The smallest absolute Gasteiger partial charge is 0.413 e. The predicted molar refractivity (Wildman–Crippen MR) is 95.9 cm³/mol. The average molecular weight is 401 g/mol. The molecule has 0 bridgehead atoms. The van der Waals surface area contributed by atoms with E-state index in [2.05, 4.69) is 9.84 Å². The van der Waals surface area contributed by atoms with E-state index < -0.39 is 36.2 Å². The monoisotopic (exact) mass is 401 g/mol. The van der Waals surface area contributed by atoms with E-state index in [1.165, 1.54) is 5.01 Å². The number of nitrogens with one attached hydrogen (secondary N) is 1. The van der Waals surface area contributed by atoms with Crippen LogP contribution < -0.4 is 10.3 Å². The summed E-state index contributed by atoms with van der Waals surface area (Å²) in [7, 11) is 1.12. The second-order valence-corrected chi connectivity index (χ2v) is 6.42. The third-order valence-electron chi connectivity index (χ3n) is 4.20. The molecule has 0 unspecified atom stereocenters. The predicted octanol–water partition coefficient (Wildman–Crippen LogP) is 2.27. The zero-order valence-corrected chi connectivity index (χ0v) is 15.7. The fourth-order valence-electron chi connectivity index (χ4n) is 2.70. The van der Waals surface area contributed by atoms with Crippen LogP contribution in [0.1, 0.15) is 20.3 Å². The molecule has 0 radical (unpaired) electrons. The van der Waals surface area contributed by atoms with Gasteiger partial charge in [0.05, 0.1) is 18.9 Å². The normalized spacial score (nSPS) is 19.0. The van der Waals surface area contributed by atoms with Crippen LogP contribution in [0.25, 0.3) is 0 Å². The molecule has 0 saturated heterocycles. The molecule has 1 heterocycles. The Morgan fingerprint density at radius 3 is 2.46 bits per heavy atom. The number of methoxy groups -OCH3 is 1. The van der Waals surface area contributed by atoms with Crippen molar-refractivity contribution in [2.75, 3.05) is 25.3 Å². The van der Waals surface area contributed by atoms with Gasteiger partial charge in [0, 0.05) is 13.5 Å². The van der Waals surface area contributed by atoms with Gasteiger partial charge in [0.1, 0.15) is 11.8 Å². The van der Waals surface area contributed by atoms with Crippen LogP contribution in [0.5, 0.6) is 0 Å². The highest BCUT2D eigenvalue weighted by atomic mass is 19.4. The molecule has 1 aliphatic heterocycles. The number of anilines is 1. The van der Waals surface area contributed by atoms with Crippen molar-refractivity contribution in [1.29, 1.82) is 0 Å². The Kier molecular flexibility index (Phi) is 6.65.